The summed E-state index contributed by atoms with van der Waals surface area (Å²) >= 11 is 1.69. The van der Waals surface area contributed by atoms with Crippen LogP contribution in [0.1, 0.15) is 62.6 Å². The Morgan fingerprint density at radius 3 is 1.33 bits per heavy atom. The molecule has 0 fully saturated rings. The van der Waals surface area contributed by atoms with E-state index in [2.05, 4.69) is 46.6 Å². The van der Waals surface area contributed by atoms with E-state index in [0.717, 1.165) is 54.0 Å². The molecule has 9 N–H and O–H groups in total. The number of anilines is 2. The van der Waals surface area contributed by atoms with Crippen LogP contribution in [-0.4, -0.2) is 105 Å². The molecule has 73 heavy (non-hydrogen) atoms. The molecule has 6 rings (SSSR count). The Morgan fingerprint density at radius 2 is 0.959 bits per heavy atom. The molecule has 6 amide bonds. The Kier molecular flexibility index (Phi) is 19.2. The first-order valence-corrected chi connectivity index (χ1v) is 22.7. The van der Waals surface area contributed by atoms with Crippen LogP contribution in [0, 0.1) is 37.1 Å². The van der Waals surface area contributed by atoms with E-state index in [1.54, 1.807) is 24.3 Å². The molecule has 0 unspecified atom stereocenters. The van der Waals surface area contributed by atoms with Gasteiger partial charge < -0.3 is 52.0 Å². The number of carboxylic acids is 1. The maximum Gasteiger partial charge on any atom is 0.330 e. The number of aryl methyl sites for hydroxylation is 2. The maximum absolute atomic E-state index is 13.4. The number of nitrogens with one attached hydrogen (secondary N) is 6. The first-order valence-electron chi connectivity index (χ1n) is 21.1. The highest BCUT2D eigenvalue weighted by Crippen LogP contribution is 2.25. The van der Waals surface area contributed by atoms with E-state index in [1.807, 2.05) is 0 Å². The molecule has 6 aromatic rings. The van der Waals surface area contributed by atoms with Crippen LogP contribution in [0.2, 0.25) is 0 Å². The van der Waals surface area contributed by atoms with E-state index in [1.165, 1.54) is 38.1 Å². The smallest absolute Gasteiger partial charge is 0.330 e. The molecule has 0 spiro atoms. The van der Waals surface area contributed by atoms with Gasteiger partial charge in [0.15, 0.2) is 10.3 Å². The number of rotatable bonds is 18. The van der Waals surface area contributed by atoms with Crippen LogP contribution < -0.4 is 31.9 Å². The number of aliphatic carboxylic acids is 1. The second-order valence-electron chi connectivity index (χ2n) is 15.3. The standard InChI is InChI=1S/C24H22F2N4O6S.C23H20F2N4O6S/c1-12-20(37-24(28-12)30-19(32)7-13-4-3-5-17(31)6-13)22(34)29-18(23(35)36-2)11-27-21(33)14-8-15(25)10-16(26)9-14;1-11-19(36-23(27-11)29-18(31)6-12-3-2-4-16(30)5-12)21(33)28-17(22(34)35)10-26-20(32)13-7-14(24)9-15(25)8-13/h3-6,8-10,18,31H,7,11H2,1-2H3,(H,27,33)(H,29,34)(H,28,30,32);2-5,7-9,17,30H,6,10H2,1H3,(H,26,32)(H,28,33)(H,34,35)(H,27,29,31)/t18-;17-/m00/s1. The third-order valence-electron chi connectivity index (χ3n) is 9.63. The van der Waals surface area contributed by atoms with Gasteiger partial charge in [-0.1, -0.05) is 46.9 Å². The van der Waals surface area contributed by atoms with Gasteiger partial charge >= 0.3 is 11.9 Å². The van der Waals surface area contributed by atoms with Crippen molar-refractivity contribution >= 4 is 80.3 Å². The zero-order valence-corrected chi connectivity index (χ0v) is 39.9. The number of methoxy groups -OCH3 is 1. The second-order valence-corrected chi connectivity index (χ2v) is 17.3. The largest absolute Gasteiger partial charge is 0.508 e. The maximum atomic E-state index is 13.4. The van der Waals surface area contributed by atoms with E-state index >= 15 is 0 Å². The zero-order valence-electron chi connectivity index (χ0n) is 38.3. The summed E-state index contributed by atoms with van der Waals surface area (Å²) in [5.74, 6) is -10.4. The van der Waals surface area contributed by atoms with E-state index in [4.69, 9.17) is 0 Å². The Bertz CT molecular complexity index is 3040. The summed E-state index contributed by atoms with van der Waals surface area (Å²) in [7, 11) is 1.09. The number of nitrogens with zero attached hydrogens (tertiary/aromatic N) is 2. The number of hydrogen-bond donors (Lipinski definition) is 9. The minimum absolute atomic E-state index is 0.0108. The van der Waals surface area contributed by atoms with Gasteiger partial charge in [-0.05, 0) is 73.5 Å². The number of hydrogen-bond acceptors (Lipinski definition) is 15. The van der Waals surface area contributed by atoms with Gasteiger partial charge in [-0.3, -0.25) is 28.8 Å². The number of benzene rings is 4. The molecule has 0 aliphatic heterocycles. The lowest BCUT2D eigenvalue weighted by Gasteiger charge is -2.17. The summed E-state index contributed by atoms with van der Waals surface area (Å²) in [6, 6.07) is 13.8. The predicted molar refractivity (Wildman–Crippen MR) is 254 cm³/mol. The second kappa shape index (κ2) is 25.4. The third kappa shape index (κ3) is 16.7. The van der Waals surface area contributed by atoms with Crippen LogP contribution in [0.25, 0.3) is 0 Å². The molecular formula is C47H42F4N8O12S2. The molecule has 0 aliphatic carbocycles. The normalized spacial score (nSPS) is 11.4. The van der Waals surface area contributed by atoms with E-state index in [9.17, 15) is 71.2 Å². The van der Waals surface area contributed by atoms with Gasteiger partial charge in [0.2, 0.25) is 11.8 Å². The number of halogens is 4. The molecule has 2 aromatic heterocycles. The molecule has 4 aromatic carbocycles. The first kappa shape index (κ1) is 55.2. The minimum Gasteiger partial charge on any atom is -0.508 e. The van der Waals surface area contributed by atoms with Crippen molar-refractivity contribution in [2.24, 2.45) is 0 Å². The third-order valence-corrected chi connectivity index (χ3v) is 11.8. The molecule has 0 bridgehead atoms. The number of aromatic nitrogens is 2. The summed E-state index contributed by atoms with van der Waals surface area (Å²) in [6.45, 7) is 2.03. The number of phenolic OH excluding ortho intramolecular Hbond substituents is 2. The Balaban J connectivity index is 0.000000271. The van der Waals surface area contributed by atoms with Gasteiger partial charge in [-0.15, -0.1) is 0 Å². The number of thiazole rings is 2. The van der Waals surface area contributed by atoms with Crippen molar-refractivity contribution in [1.82, 2.24) is 31.2 Å². The number of carboxylic acid groups (broad SMARTS) is 1. The molecule has 2 heterocycles. The number of carbonyl (C=O) groups is 8. The van der Waals surface area contributed by atoms with Crippen molar-refractivity contribution in [3.8, 4) is 11.5 Å². The van der Waals surface area contributed by atoms with E-state index in [-0.39, 0.29) is 66.9 Å². The highest BCUT2D eigenvalue weighted by atomic mass is 32.1. The van der Waals surface area contributed by atoms with Crippen LogP contribution >= 0.6 is 22.7 Å². The topological polar surface area (TPSA) is 304 Å². The van der Waals surface area contributed by atoms with Crippen molar-refractivity contribution in [3.05, 3.63) is 152 Å². The Labute approximate surface area is 418 Å². The van der Waals surface area contributed by atoms with Gasteiger partial charge in [0.1, 0.15) is 56.6 Å². The average molecular weight is 1050 g/mol. The lowest BCUT2D eigenvalue weighted by Crippen LogP contribution is -2.49. The van der Waals surface area contributed by atoms with Gasteiger partial charge in [-0.2, -0.15) is 0 Å². The fourth-order valence-electron chi connectivity index (χ4n) is 6.30. The molecule has 0 aliphatic rings. The van der Waals surface area contributed by atoms with Crippen molar-refractivity contribution < 1.29 is 76.0 Å². The molecule has 0 saturated carbocycles. The van der Waals surface area contributed by atoms with Gasteiger partial charge in [0, 0.05) is 36.3 Å². The van der Waals surface area contributed by atoms with Crippen LogP contribution in [0.3, 0.4) is 0 Å². The quantitative estimate of drug-likeness (QED) is 0.0422. The van der Waals surface area contributed by atoms with E-state index in [0.29, 0.717) is 23.3 Å². The van der Waals surface area contributed by atoms with Crippen LogP contribution in [0.15, 0.2) is 84.9 Å². The van der Waals surface area contributed by atoms with Gasteiger partial charge in [-0.25, -0.2) is 37.1 Å². The highest BCUT2D eigenvalue weighted by Gasteiger charge is 2.27. The summed E-state index contributed by atoms with van der Waals surface area (Å²) in [4.78, 5) is 107. The van der Waals surface area contributed by atoms with Crippen molar-refractivity contribution in [2.45, 2.75) is 38.8 Å². The fourth-order valence-corrected chi connectivity index (χ4v) is 8.07. The molecule has 2 atom stereocenters. The lowest BCUT2D eigenvalue weighted by atomic mass is 10.1. The SMILES string of the molecule is COC(=O)[C@H](CNC(=O)c1cc(F)cc(F)c1)NC(=O)c1sc(NC(=O)Cc2cccc(O)c2)nc1C.Cc1nc(NC(=O)Cc2cccc(O)c2)sc1C(=O)N[C@@H](CNC(=O)c1cc(F)cc(F)c1)C(=O)O. The molecular weight excluding hydrogens is 1010 g/mol. The molecule has 0 saturated heterocycles. The van der Waals surface area contributed by atoms with Crippen molar-refractivity contribution in [3.63, 3.8) is 0 Å². The van der Waals surface area contributed by atoms with E-state index < -0.39 is 95.8 Å². The molecule has 26 heteroatoms. The zero-order chi connectivity index (χ0) is 53.5. The van der Waals surface area contributed by atoms with Crippen LogP contribution in [0.5, 0.6) is 11.5 Å². The number of amides is 6. The first-order chi connectivity index (χ1) is 34.6. The molecule has 0 radical (unpaired) electrons. The number of phenols is 2. The fraction of sp³-hybridized carbons (Fsp3) is 0.191. The Morgan fingerprint density at radius 1 is 0.575 bits per heavy atom. The van der Waals surface area contributed by atoms with Crippen LogP contribution in [-0.2, 0) is 36.8 Å². The summed E-state index contributed by atoms with van der Waals surface area (Å²) in [5, 5.41) is 43.0. The van der Waals surface area contributed by atoms with Crippen molar-refractivity contribution in [2.75, 3.05) is 30.8 Å². The number of aromatic hydroxyl groups is 2. The molecule has 20 nitrogen and oxygen atoms in total. The average Bonchev–Trinajstić information content (AvgIpc) is 3.87. The van der Waals surface area contributed by atoms with Crippen molar-refractivity contribution in [1.29, 1.82) is 0 Å². The minimum atomic E-state index is -1.56. The highest BCUT2D eigenvalue weighted by molar-refractivity contribution is 7.18. The number of ether oxygens (including phenoxy) is 1. The van der Waals surface area contributed by atoms with Gasteiger partial charge in [0.05, 0.1) is 31.3 Å². The number of carbonyl (C=O) groups excluding carboxylic acids is 7. The predicted octanol–water partition coefficient (Wildman–Crippen LogP) is 4.55. The summed E-state index contributed by atoms with van der Waals surface area (Å²) < 4.78 is 58.0. The summed E-state index contributed by atoms with van der Waals surface area (Å²) in [6.07, 6.45) is -0.0849. The Hall–Kier alpha value is -8.78. The van der Waals surface area contributed by atoms with Crippen LogP contribution in [0.4, 0.5) is 27.8 Å². The molecule has 382 valence electrons. The number of esters is 1. The summed E-state index contributed by atoms with van der Waals surface area (Å²) in [5.41, 5.74) is 0.981. The van der Waals surface area contributed by atoms with Gasteiger partial charge in [0.25, 0.3) is 23.6 Å². The lowest BCUT2D eigenvalue weighted by molar-refractivity contribution is -0.142. The monoisotopic (exact) mass is 1050 g/mol.